The number of carbonyl (C=O) groups excluding carboxylic acids is 1. The molecule has 0 aromatic carbocycles. The Kier molecular flexibility index (Phi) is 9.45. The van der Waals surface area contributed by atoms with E-state index in [-0.39, 0.29) is 23.1 Å². The lowest BCUT2D eigenvalue weighted by Crippen LogP contribution is -2.63. The van der Waals surface area contributed by atoms with Gasteiger partial charge in [-0.2, -0.15) is 35.1 Å². The third-order valence-electron chi connectivity index (χ3n) is 4.58. The molecule has 0 heterocycles. The number of esters is 1. The predicted molar refractivity (Wildman–Crippen MR) is 93.8 cm³/mol. The molecule has 17 heteroatoms. The van der Waals surface area contributed by atoms with E-state index in [1.165, 1.54) is 0 Å². The van der Waals surface area contributed by atoms with E-state index < -0.39 is 84.9 Å². The van der Waals surface area contributed by atoms with Gasteiger partial charge in [0, 0.05) is 0 Å². The van der Waals surface area contributed by atoms with Gasteiger partial charge in [-0.15, -0.1) is 0 Å². The van der Waals surface area contributed by atoms with Gasteiger partial charge in [0.25, 0.3) is 5.92 Å². The molecule has 0 aromatic heterocycles. The van der Waals surface area contributed by atoms with Crippen LogP contribution >= 0.6 is 9.24 Å². The molecule has 0 aliphatic carbocycles. The highest BCUT2D eigenvalue weighted by molar-refractivity contribution is 7.18. The minimum absolute atomic E-state index is 0.132. The van der Waals surface area contributed by atoms with Crippen molar-refractivity contribution in [3.8, 4) is 0 Å². The van der Waals surface area contributed by atoms with E-state index in [0.717, 1.165) is 6.92 Å². The number of ether oxygens (including phenoxy) is 1. The van der Waals surface area contributed by atoms with Crippen LogP contribution in [0.25, 0.3) is 0 Å². The molecule has 0 saturated heterocycles. The summed E-state index contributed by atoms with van der Waals surface area (Å²) >= 11 is 0. The summed E-state index contributed by atoms with van der Waals surface area (Å²) in [5.41, 5.74) is -9.67. The Labute approximate surface area is 187 Å². The van der Waals surface area contributed by atoms with Crippen molar-refractivity contribution in [2.75, 3.05) is 13.3 Å². The summed E-state index contributed by atoms with van der Waals surface area (Å²) in [5.74, 6) is -31.3. The average molecular weight is 554 g/mol. The van der Waals surface area contributed by atoms with Crippen LogP contribution in [0.1, 0.15) is 40.0 Å². The van der Waals surface area contributed by atoms with Crippen LogP contribution in [-0.2, 0) is 9.53 Å². The highest BCUT2D eigenvalue weighted by Gasteiger charge is 2.75. The third-order valence-corrected chi connectivity index (χ3v) is 5.14. The van der Waals surface area contributed by atoms with Gasteiger partial charge in [-0.05, 0) is 20.8 Å². The van der Waals surface area contributed by atoms with Crippen LogP contribution in [0.2, 0.25) is 0 Å². The molecule has 0 amide bonds. The van der Waals surface area contributed by atoms with Crippen LogP contribution in [0.3, 0.4) is 0 Å². The predicted octanol–water partition coefficient (Wildman–Crippen LogP) is 6.86. The fraction of sp³-hybridized carbons (Fsp3) is 0.941. The Balaban J connectivity index is 6.14. The van der Waals surface area contributed by atoms with Crippen LogP contribution in [0.5, 0.6) is 0 Å². The molecule has 0 fully saturated rings. The maximum Gasteiger partial charge on any atom is 0.377 e. The van der Waals surface area contributed by atoms with Gasteiger partial charge in [-0.25, -0.2) is 31.1 Å². The fourth-order valence-corrected chi connectivity index (χ4v) is 3.22. The highest BCUT2D eigenvalue weighted by atomic mass is 31.0. The molecule has 0 spiro atoms. The molecule has 0 aromatic rings. The third kappa shape index (κ3) is 6.57. The number of carbonyl (C=O) groups is 1. The van der Waals surface area contributed by atoms with Crippen molar-refractivity contribution in [3.05, 3.63) is 0 Å². The van der Waals surface area contributed by atoms with Gasteiger partial charge in [0.2, 0.25) is 5.67 Å². The summed E-state index contributed by atoms with van der Waals surface area (Å²) in [6.07, 6.45) is -9.72. The zero-order chi connectivity index (χ0) is 27.8. The van der Waals surface area contributed by atoms with Crippen molar-refractivity contribution in [1.82, 2.24) is 0 Å². The largest absolute Gasteiger partial charge is 0.462 e. The maximum atomic E-state index is 14.6. The Bertz CT molecular complexity index is 720. The first-order valence-electron chi connectivity index (χ1n) is 9.14. The number of hydrogen-bond donors (Lipinski definition) is 0. The molecule has 0 aliphatic heterocycles. The highest BCUT2D eigenvalue weighted by Crippen LogP contribution is 2.58. The van der Waals surface area contributed by atoms with Crippen molar-refractivity contribution in [2.45, 2.75) is 86.4 Å². The minimum atomic E-state index is -6.30. The molecule has 0 bridgehead atoms. The molecule has 0 radical (unpaired) electrons. The Hall–Kier alpha value is -1.08. The molecule has 0 rings (SSSR count). The normalized spacial score (nSPS) is 18.3. The first kappa shape index (κ1) is 32.9. The second kappa shape index (κ2) is 9.76. The second-order valence-corrected chi connectivity index (χ2v) is 9.01. The molecular weight excluding hydrogens is 533 g/mol. The molecule has 3 atom stereocenters. The van der Waals surface area contributed by atoms with Crippen LogP contribution < -0.4 is 0 Å². The van der Waals surface area contributed by atoms with Crippen LogP contribution in [0, 0.1) is 0 Å². The number of rotatable bonds is 13. The molecule has 204 valence electrons. The lowest BCUT2D eigenvalue weighted by atomic mass is 9.83. The quantitative estimate of drug-likeness (QED) is 0.141. The van der Waals surface area contributed by atoms with Gasteiger partial charge < -0.3 is 4.74 Å². The van der Waals surface area contributed by atoms with Crippen LogP contribution in [0.15, 0.2) is 0 Å². The standard InChI is InChI=1S/C17H21F14O2P/c1-4-33-9(32)13(23,24)6-12(21,22)5-11(20,8-18)17(30,31)15(27,34)7-14(25,26)16(28,29)10(2,3)19/h4-8,34H2,1-3H3. The monoisotopic (exact) mass is 554 g/mol. The fourth-order valence-electron chi connectivity index (χ4n) is 2.70. The van der Waals surface area contributed by atoms with Crippen molar-refractivity contribution in [1.29, 1.82) is 0 Å². The number of hydrogen-bond acceptors (Lipinski definition) is 2. The van der Waals surface area contributed by atoms with E-state index >= 15 is 0 Å². The molecule has 34 heavy (non-hydrogen) atoms. The van der Waals surface area contributed by atoms with Gasteiger partial charge in [-0.3, -0.25) is 0 Å². The van der Waals surface area contributed by atoms with E-state index in [1.54, 1.807) is 0 Å². The van der Waals surface area contributed by atoms with Gasteiger partial charge in [0.05, 0.1) is 25.9 Å². The summed E-state index contributed by atoms with van der Waals surface area (Å²) in [4.78, 5) is 11.0. The molecule has 0 aliphatic rings. The van der Waals surface area contributed by atoms with Gasteiger partial charge >= 0.3 is 29.7 Å². The summed E-state index contributed by atoms with van der Waals surface area (Å²) < 4.78 is 198. The average Bonchev–Trinajstić information content (AvgIpc) is 2.58. The van der Waals surface area contributed by atoms with E-state index in [2.05, 4.69) is 4.74 Å². The van der Waals surface area contributed by atoms with E-state index in [9.17, 15) is 66.3 Å². The van der Waals surface area contributed by atoms with Gasteiger partial charge in [0.1, 0.15) is 6.67 Å². The van der Waals surface area contributed by atoms with Crippen molar-refractivity contribution in [2.24, 2.45) is 0 Å². The maximum absolute atomic E-state index is 14.6. The zero-order valence-corrected chi connectivity index (χ0v) is 18.9. The number of halogens is 14. The summed E-state index contributed by atoms with van der Waals surface area (Å²) in [7, 11) is 0.152. The lowest BCUT2D eigenvalue weighted by Gasteiger charge is -2.43. The van der Waals surface area contributed by atoms with E-state index in [1.807, 2.05) is 0 Å². The molecule has 0 N–H and O–H groups in total. The molecular formula is C17H21F14O2P. The number of alkyl halides is 14. The molecule has 3 unspecified atom stereocenters. The minimum Gasteiger partial charge on any atom is -0.462 e. The SMILES string of the molecule is CCOC(=O)C(F)(F)CC(F)(F)CC(F)(CF)C(F)(F)C(F)(P)CC(F)(F)C(F)(F)C(C)(C)F. The van der Waals surface area contributed by atoms with Crippen LogP contribution in [-0.4, -0.2) is 65.6 Å². The second-order valence-electron chi connectivity index (χ2n) is 8.10. The first-order chi connectivity index (χ1) is 14.7. The van der Waals surface area contributed by atoms with Gasteiger partial charge in [0.15, 0.2) is 11.1 Å². The van der Waals surface area contributed by atoms with Crippen molar-refractivity contribution in [3.63, 3.8) is 0 Å². The molecule has 0 saturated carbocycles. The Morgan fingerprint density at radius 2 is 1.21 bits per heavy atom. The Morgan fingerprint density at radius 1 is 0.765 bits per heavy atom. The summed E-state index contributed by atoms with van der Waals surface area (Å²) in [5, 5.41) is -5.31. The Morgan fingerprint density at radius 3 is 1.56 bits per heavy atom. The lowest BCUT2D eigenvalue weighted by molar-refractivity contribution is -0.290. The van der Waals surface area contributed by atoms with E-state index in [0.29, 0.717) is 0 Å². The van der Waals surface area contributed by atoms with E-state index in [4.69, 9.17) is 0 Å². The van der Waals surface area contributed by atoms with Gasteiger partial charge in [-0.1, -0.05) is 9.24 Å². The summed E-state index contributed by atoms with van der Waals surface area (Å²) in [6, 6.07) is 0. The van der Waals surface area contributed by atoms with Crippen LogP contribution in [0.4, 0.5) is 61.5 Å². The topological polar surface area (TPSA) is 26.3 Å². The first-order valence-corrected chi connectivity index (χ1v) is 9.72. The molecule has 2 nitrogen and oxygen atoms in total. The van der Waals surface area contributed by atoms with Crippen molar-refractivity contribution < 1.29 is 71.0 Å². The smallest absolute Gasteiger partial charge is 0.377 e. The van der Waals surface area contributed by atoms with Crippen molar-refractivity contribution >= 4 is 15.2 Å². The zero-order valence-electron chi connectivity index (χ0n) is 17.7. The summed E-state index contributed by atoms with van der Waals surface area (Å²) in [6.45, 7) is -3.32.